The maximum absolute atomic E-state index is 12.4. The summed E-state index contributed by atoms with van der Waals surface area (Å²) >= 11 is 0. The third-order valence-corrected chi connectivity index (χ3v) is 3.83. The number of nitrogen functional groups attached to an aromatic ring is 1. The van der Waals surface area contributed by atoms with Crippen molar-refractivity contribution in [3.05, 3.63) is 29.3 Å². The molecule has 4 N–H and O–H groups in total. The van der Waals surface area contributed by atoms with Crippen LogP contribution < -0.4 is 11.6 Å². The third-order valence-electron chi connectivity index (χ3n) is 3.83. The molecule has 20 heavy (non-hydrogen) atoms. The minimum absolute atomic E-state index is 0.155. The molecular formula is C13H14N4O3. The number of nitrogens with zero attached hydrogens (tertiary/aromatic N) is 2. The van der Waals surface area contributed by atoms with Crippen LogP contribution in [0.2, 0.25) is 0 Å². The van der Waals surface area contributed by atoms with Crippen LogP contribution in [-0.2, 0) is 16.1 Å². The summed E-state index contributed by atoms with van der Waals surface area (Å²) in [4.78, 5) is 37.2. The van der Waals surface area contributed by atoms with Gasteiger partial charge in [-0.3, -0.25) is 14.4 Å². The molecule has 1 saturated heterocycles. The number of imide groups is 1. The lowest BCUT2D eigenvalue weighted by atomic mass is 10.0. The fourth-order valence-electron chi connectivity index (χ4n) is 2.71. The highest BCUT2D eigenvalue weighted by Crippen LogP contribution is 2.31. The molecule has 1 aromatic carbocycles. The number of carbonyl (C=O) groups excluding carboxylic acids is 3. The summed E-state index contributed by atoms with van der Waals surface area (Å²) in [5.41, 5.74) is 7.63. The smallest absolute Gasteiger partial charge is 0.266 e. The Bertz CT molecular complexity index is 628. The lowest BCUT2D eigenvalue weighted by Gasteiger charge is -2.33. The van der Waals surface area contributed by atoms with Gasteiger partial charge >= 0.3 is 0 Å². The Labute approximate surface area is 115 Å². The average molecular weight is 274 g/mol. The molecule has 1 atom stereocenters. The van der Waals surface area contributed by atoms with Crippen LogP contribution in [0.5, 0.6) is 0 Å². The van der Waals surface area contributed by atoms with Crippen LogP contribution in [0.3, 0.4) is 0 Å². The van der Waals surface area contributed by atoms with Gasteiger partial charge in [-0.05, 0) is 18.6 Å². The molecule has 2 aliphatic rings. The molecule has 1 fully saturated rings. The van der Waals surface area contributed by atoms with E-state index in [2.05, 4.69) is 0 Å². The number of rotatable bonds is 1. The van der Waals surface area contributed by atoms with Crippen LogP contribution >= 0.6 is 0 Å². The van der Waals surface area contributed by atoms with E-state index in [1.165, 1.54) is 4.90 Å². The van der Waals surface area contributed by atoms with E-state index in [4.69, 9.17) is 11.6 Å². The second-order valence-corrected chi connectivity index (χ2v) is 4.96. The quantitative estimate of drug-likeness (QED) is 0.314. The number of benzene rings is 1. The Morgan fingerprint density at radius 3 is 2.65 bits per heavy atom. The van der Waals surface area contributed by atoms with Gasteiger partial charge in [0.15, 0.2) is 0 Å². The minimum Gasteiger partial charge on any atom is -0.398 e. The van der Waals surface area contributed by atoms with Gasteiger partial charge < -0.3 is 10.6 Å². The second-order valence-electron chi connectivity index (χ2n) is 4.96. The number of nitrogens with two attached hydrogens (primary N) is 2. The molecule has 3 amide bonds. The van der Waals surface area contributed by atoms with Gasteiger partial charge in [-0.1, -0.05) is 6.07 Å². The lowest BCUT2D eigenvalue weighted by Crippen LogP contribution is -2.57. The van der Waals surface area contributed by atoms with Crippen LogP contribution in [0.25, 0.3) is 0 Å². The number of piperidine rings is 1. The van der Waals surface area contributed by atoms with Crippen molar-refractivity contribution in [1.29, 1.82) is 0 Å². The molecule has 2 heterocycles. The molecule has 104 valence electrons. The van der Waals surface area contributed by atoms with Crippen LogP contribution in [0.4, 0.5) is 5.69 Å². The first kappa shape index (κ1) is 12.6. The first-order valence-electron chi connectivity index (χ1n) is 6.30. The van der Waals surface area contributed by atoms with Crippen molar-refractivity contribution in [1.82, 2.24) is 9.91 Å². The van der Waals surface area contributed by atoms with Crippen molar-refractivity contribution in [3.63, 3.8) is 0 Å². The monoisotopic (exact) mass is 274 g/mol. The molecular weight excluding hydrogens is 260 g/mol. The Balaban J connectivity index is 1.91. The van der Waals surface area contributed by atoms with E-state index in [0.29, 0.717) is 22.7 Å². The summed E-state index contributed by atoms with van der Waals surface area (Å²) in [6.07, 6.45) is 0.452. The molecule has 7 heteroatoms. The van der Waals surface area contributed by atoms with Crippen molar-refractivity contribution in [2.45, 2.75) is 25.4 Å². The van der Waals surface area contributed by atoms with E-state index in [0.717, 1.165) is 5.56 Å². The molecule has 0 aliphatic carbocycles. The summed E-state index contributed by atoms with van der Waals surface area (Å²) in [5.74, 6) is 4.23. The van der Waals surface area contributed by atoms with Gasteiger partial charge in [-0.25, -0.2) is 10.9 Å². The number of fused-ring (bicyclic) bond motifs is 1. The molecule has 1 aromatic rings. The molecule has 0 bridgehead atoms. The Hall–Kier alpha value is -2.41. The maximum atomic E-state index is 12.4. The zero-order valence-corrected chi connectivity index (χ0v) is 10.7. The van der Waals surface area contributed by atoms with Gasteiger partial charge in [0, 0.05) is 29.8 Å². The Morgan fingerprint density at radius 1 is 1.20 bits per heavy atom. The van der Waals surface area contributed by atoms with Crippen LogP contribution in [0.15, 0.2) is 18.2 Å². The van der Waals surface area contributed by atoms with Crippen molar-refractivity contribution in [3.8, 4) is 0 Å². The normalized spacial score (nSPS) is 22.4. The fourth-order valence-corrected chi connectivity index (χ4v) is 2.71. The number of hydrazine groups is 1. The van der Waals surface area contributed by atoms with Crippen LogP contribution in [0.1, 0.15) is 28.8 Å². The first-order valence-corrected chi connectivity index (χ1v) is 6.30. The third kappa shape index (κ3) is 1.67. The molecule has 0 saturated carbocycles. The van der Waals surface area contributed by atoms with E-state index in [1.54, 1.807) is 18.2 Å². The molecule has 0 aromatic heterocycles. The van der Waals surface area contributed by atoms with Gasteiger partial charge in [-0.2, -0.15) is 0 Å². The maximum Gasteiger partial charge on any atom is 0.266 e. The SMILES string of the molecule is Nc1cccc2c1CN(C1CCC(=O)N(N)C1=O)C2=O. The number of amides is 3. The molecule has 0 spiro atoms. The molecule has 1 unspecified atom stereocenters. The molecule has 2 aliphatic heterocycles. The number of hydrogen-bond donors (Lipinski definition) is 2. The van der Waals surface area contributed by atoms with Gasteiger partial charge in [0.1, 0.15) is 6.04 Å². The van der Waals surface area contributed by atoms with Crippen LogP contribution in [-0.4, -0.2) is 33.7 Å². The van der Waals surface area contributed by atoms with Gasteiger partial charge in [0.05, 0.1) is 0 Å². The first-order chi connectivity index (χ1) is 9.50. The van der Waals surface area contributed by atoms with Crippen molar-refractivity contribution < 1.29 is 14.4 Å². The summed E-state index contributed by atoms with van der Waals surface area (Å²) in [7, 11) is 0. The van der Waals surface area contributed by atoms with Gasteiger partial charge in [0.25, 0.3) is 11.8 Å². The Morgan fingerprint density at radius 2 is 1.95 bits per heavy atom. The lowest BCUT2D eigenvalue weighted by molar-refractivity contribution is -0.152. The standard InChI is InChI=1S/C13H14N4O3/c14-9-3-1-2-7-8(9)6-16(12(7)19)10-4-5-11(18)17(15)13(10)20/h1-3,10H,4-6,14-15H2. The zero-order chi connectivity index (χ0) is 14.4. The molecule has 3 rings (SSSR count). The Kier molecular flexibility index (Phi) is 2.72. The highest BCUT2D eigenvalue weighted by Gasteiger charge is 2.42. The van der Waals surface area contributed by atoms with E-state index < -0.39 is 17.9 Å². The predicted octanol–water partition coefficient (Wildman–Crippen LogP) is -0.384. The van der Waals surface area contributed by atoms with E-state index in [1.807, 2.05) is 0 Å². The number of carbonyl (C=O) groups is 3. The summed E-state index contributed by atoms with van der Waals surface area (Å²) in [5, 5.41) is 0.605. The highest BCUT2D eigenvalue weighted by atomic mass is 16.2. The fraction of sp³-hybridized carbons (Fsp3) is 0.308. The predicted molar refractivity (Wildman–Crippen MR) is 69.8 cm³/mol. The largest absolute Gasteiger partial charge is 0.398 e. The highest BCUT2D eigenvalue weighted by molar-refractivity contribution is 6.05. The van der Waals surface area contributed by atoms with Gasteiger partial charge in [0.2, 0.25) is 5.91 Å². The minimum atomic E-state index is -0.697. The van der Waals surface area contributed by atoms with Gasteiger partial charge in [-0.15, -0.1) is 0 Å². The topological polar surface area (TPSA) is 110 Å². The summed E-state index contributed by atoms with van der Waals surface area (Å²) in [6, 6.07) is 4.41. The van der Waals surface area contributed by atoms with E-state index in [-0.39, 0.29) is 18.9 Å². The second kappa shape index (κ2) is 4.31. The van der Waals surface area contributed by atoms with Crippen LogP contribution in [0, 0.1) is 0 Å². The van der Waals surface area contributed by atoms with Crippen molar-refractivity contribution in [2.75, 3.05) is 5.73 Å². The van der Waals surface area contributed by atoms with Crippen molar-refractivity contribution in [2.24, 2.45) is 5.84 Å². The van der Waals surface area contributed by atoms with Crippen molar-refractivity contribution >= 4 is 23.4 Å². The average Bonchev–Trinajstić information content (AvgIpc) is 2.76. The number of hydrogen-bond acceptors (Lipinski definition) is 5. The molecule has 0 radical (unpaired) electrons. The number of anilines is 1. The zero-order valence-electron chi connectivity index (χ0n) is 10.7. The van der Waals surface area contributed by atoms with E-state index in [9.17, 15) is 14.4 Å². The summed E-state index contributed by atoms with van der Waals surface area (Å²) in [6.45, 7) is 0.277. The summed E-state index contributed by atoms with van der Waals surface area (Å²) < 4.78 is 0. The van der Waals surface area contributed by atoms with E-state index >= 15 is 0 Å². The molecule has 7 nitrogen and oxygen atoms in total.